The first-order valence-electron chi connectivity index (χ1n) is 0.789. The van der Waals surface area contributed by atoms with Crippen LogP contribution in [0.15, 0.2) is 5.73 Å². The molecule has 0 bridgehead atoms. The lowest BCUT2D eigenvalue weighted by atomic mass is 11.0. The van der Waals surface area contributed by atoms with Gasteiger partial charge in [0.25, 0.3) is 0 Å². The quantitative estimate of drug-likeness (QED) is 0.304. The number of hydrogen-bond donors (Lipinski definition) is 1. The zero-order valence-corrected chi connectivity index (χ0v) is 2.08. The average Bonchev–Trinajstić information content (AvgIpc) is 1.37. The van der Waals surface area contributed by atoms with Crippen LogP contribution >= 0.6 is 0 Å². The topological polar surface area (TPSA) is 23.9 Å². The molecule has 0 rings (SSSR count). The maximum Gasteiger partial charge on any atom is 0.0304 e. The molecule has 0 aliphatic carbocycles. The summed E-state index contributed by atoms with van der Waals surface area (Å²) in [6, 6.07) is 0. The van der Waals surface area contributed by atoms with Crippen molar-refractivity contribution in [3.8, 4) is 0 Å². The first kappa shape index (κ1) is 3.23. The molecule has 1 nitrogen and oxygen atoms in total. The number of nitrogens with one attached hydrogen (secondary N) is 1. The number of hydrogen-bond acceptors (Lipinski definition) is 1. The fourth-order valence-electron chi connectivity index (χ4n) is 0. The summed E-state index contributed by atoms with van der Waals surface area (Å²) in [5.41, 5.74) is 1.85. The van der Waals surface area contributed by atoms with Crippen LogP contribution in [0.2, 0.25) is 0 Å². The zero-order valence-electron chi connectivity index (χ0n) is 2.08. The van der Waals surface area contributed by atoms with Gasteiger partial charge in [-0.25, -0.2) is 0 Å². The van der Waals surface area contributed by atoms with Crippen LogP contribution in [0.3, 0.4) is 0 Å². The summed E-state index contributed by atoms with van der Waals surface area (Å²) in [5, 5.41) is 5.97. The Hall–Kier alpha value is -0.770. The Labute approximate surface area is 24.8 Å². The van der Waals surface area contributed by atoms with E-state index in [1.165, 1.54) is 0 Å². The van der Waals surface area contributed by atoms with Gasteiger partial charge in [-0.15, -0.1) is 0 Å². The Morgan fingerprint density at radius 1 is 1.75 bits per heavy atom. The average molecular weight is 52.1 g/mol. The molecule has 0 atom stereocenters. The Morgan fingerprint density at radius 2 is 2.00 bits per heavy atom. The van der Waals surface area contributed by atoms with E-state index in [9.17, 15) is 0 Å². The fourth-order valence-corrected chi connectivity index (χ4v) is 0. The lowest BCUT2D eigenvalue weighted by Gasteiger charge is -1.19. The van der Waals surface area contributed by atoms with Crippen molar-refractivity contribution in [2.45, 2.75) is 0 Å². The van der Waals surface area contributed by atoms with Gasteiger partial charge in [-0.2, -0.15) is 0 Å². The highest BCUT2D eigenvalue weighted by Gasteiger charge is 1.11. The Balaban J connectivity index is 3.95. The van der Waals surface area contributed by atoms with Crippen LogP contribution in [0.4, 0.5) is 0 Å². The van der Waals surface area contributed by atoms with Crippen molar-refractivity contribution in [2.24, 2.45) is 0 Å². The highest BCUT2D eigenvalue weighted by atomic mass is 14.3. The molecular formula is C3H2N. The molecule has 0 spiro atoms. The maximum atomic E-state index is 5.97. The first-order chi connectivity index (χ1) is 1.91. The third-order valence-corrected chi connectivity index (χ3v) is 0.0722. The van der Waals surface area contributed by atoms with Crippen LogP contribution in [0.1, 0.15) is 0 Å². The van der Waals surface area contributed by atoms with E-state index in [0.717, 1.165) is 0 Å². The van der Waals surface area contributed by atoms with Gasteiger partial charge in [0.2, 0.25) is 0 Å². The fraction of sp³-hybridized carbons (Fsp3) is 0. The van der Waals surface area contributed by atoms with Crippen LogP contribution in [0, 0.1) is 12.0 Å². The third-order valence-electron chi connectivity index (χ3n) is 0.0722. The van der Waals surface area contributed by atoms with E-state index < -0.39 is 0 Å². The minimum atomic E-state index is 1.71. The van der Waals surface area contributed by atoms with Crippen LogP contribution in [-0.4, -0.2) is 5.87 Å². The molecule has 19 valence electrons. The van der Waals surface area contributed by atoms with Gasteiger partial charge in [0.15, 0.2) is 0 Å². The van der Waals surface area contributed by atoms with E-state index in [0.29, 0.717) is 0 Å². The van der Waals surface area contributed by atoms with E-state index in [1.54, 1.807) is 5.87 Å². The highest BCUT2D eigenvalue weighted by Crippen LogP contribution is 1.15. The largest absolute Gasteiger partial charge is 0.251 e. The minimum absolute atomic E-state index is 1.71. The molecule has 0 unspecified atom stereocenters. The molecule has 0 aliphatic rings. The van der Waals surface area contributed by atoms with Gasteiger partial charge in [0.05, 0.1) is 0 Å². The molecule has 0 aromatic carbocycles. The van der Waals surface area contributed by atoms with Crippen molar-refractivity contribution in [3.63, 3.8) is 0 Å². The molecular weight excluding hydrogens is 50.0 g/mol. The molecule has 0 aromatic heterocycles. The first-order valence-corrected chi connectivity index (χ1v) is 0.789. The van der Waals surface area contributed by atoms with E-state index in [2.05, 4.69) is 6.58 Å². The second-order valence-electron chi connectivity index (χ2n) is 0.269. The summed E-state index contributed by atoms with van der Waals surface area (Å²) in [4.78, 5) is 0. The zero-order chi connectivity index (χ0) is 3.41. The molecule has 1 N–H and O–H groups in total. The Kier molecular flexibility index (Phi) is 1.80. The van der Waals surface area contributed by atoms with Crippen molar-refractivity contribution in [2.75, 3.05) is 0 Å². The summed E-state index contributed by atoms with van der Waals surface area (Å²) in [5.74, 6) is 1.71. The molecule has 4 heavy (non-hydrogen) atoms. The Bertz CT molecular complexity index is 53.4. The van der Waals surface area contributed by atoms with E-state index in [-0.39, 0.29) is 0 Å². The monoisotopic (exact) mass is 52.0 g/mol. The third kappa shape index (κ3) is 1.23. The lowest BCUT2D eigenvalue weighted by molar-refractivity contribution is 1.60. The van der Waals surface area contributed by atoms with Crippen molar-refractivity contribution in [3.05, 3.63) is 12.3 Å². The van der Waals surface area contributed by atoms with E-state index in [1.807, 2.05) is 5.73 Å². The van der Waals surface area contributed by atoms with Gasteiger partial charge < -0.3 is 0 Å². The van der Waals surface area contributed by atoms with Crippen molar-refractivity contribution in [1.29, 1.82) is 5.41 Å². The molecule has 0 heterocycles. The van der Waals surface area contributed by atoms with Crippen LogP contribution in [-0.2, 0) is 0 Å². The van der Waals surface area contributed by atoms with Gasteiger partial charge in [0.1, 0.15) is 0 Å². The van der Waals surface area contributed by atoms with Crippen molar-refractivity contribution in [1.82, 2.24) is 0 Å². The van der Waals surface area contributed by atoms with Gasteiger partial charge in [-0.05, 0) is 12.3 Å². The normalized spacial score (nSPS) is 3.00. The summed E-state index contributed by atoms with van der Waals surface area (Å²) < 4.78 is 0. The molecule has 1 heteroatoms. The van der Waals surface area contributed by atoms with Crippen molar-refractivity contribution < 1.29 is 0 Å². The summed E-state index contributed by atoms with van der Waals surface area (Å²) in [6.07, 6.45) is 0. The standard InChI is InChI=1S/C3H2N/c1-2-3-4/h1,4H. The Morgan fingerprint density at radius 3 is 2.00 bits per heavy atom. The van der Waals surface area contributed by atoms with Crippen LogP contribution in [0.25, 0.3) is 0 Å². The molecule has 0 amide bonds. The maximum absolute atomic E-state index is 5.97. The highest BCUT2D eigenvalue weighted by molar-refractivity contribution is 5.44. The van der Waals surface area contributed by atoms with Crippen LogP contribution < -0.4 is 0 Å². The molecule has 0 fully saturated rings. The predicted molar refractivity (Wildman–Crippen MR) is 15.5 cm³/mol. The second-order valence-corrected chi connectivity index (χ2v) is 0.269. The van der Waals surface area contributed by atoms with E-state index in [4.69, 9.17) is 5.41 Å². The predicted octanol–water partition coefficient (Wildman–Crippen LogP) is 0.379. The molecule has 0 saturated heterocycles. The van der Waals surface area contributed by atoms with Gasteiger partial charge >= 0.3 is 0 Å². The minimum Gasteiger partial charge on any atom is -0.251 e. The smallest absolute Gasteiger partial charge is 0.0304 e. The second kappa shape index (κ2) is 2.23. The summed E-state index contributed by atoms with van der Waals surface area (Å²) >= 11 is 0. The summed E-state index contributed by atoms with van der Waals surface area (Å²) in [7, 11) is 0. The van der Waals surface area contributed by atoms with Gasteiger partial charge in [0, 0.05) is 5.87 Å². The SMILES string of the molecule is [CH]=C=C=N. The van der Waals surface area contributed by atoms with Gasteiger partial charge in [-0.3, -0.25) is 5.41 Å². The van der Waals surface area contributed by atoms with Gasteiger partial charge in [-0.1, -0.05) is 0 Å². The van der Waals surface area contributed by atoms with E-state index >= 15 is 0 Å². The van der Waals surface area contributed by atoms with Crippen LogP contribution in [0.5, 0.6) is 0 Å². The molecule has 0 aliphatic heterocycles. The lowest BCUT2D eigenvalue weighted by Crippen LogP contribution is -1.19. The molecule has 1 radical (unpaired) electrons. The summed E-state index contributed by atoms with van der Waals surface area (Å²) in [6.45, 7) is 4.48. The molecule has 0 saturated carbocycles. The van der Waals surface area contributed by atoms with Crippen molar-refractivity contribution >= 4 is 5.87 Å². The molecule has 0 aromatic rings. The number of rotatable bonds is 0.